The lowest BCUT2D eigenvalue weighted by atomic mass is 10.1. The molecule has 110 valence electrons. The molecule has 0 amide bonds. The van der Waals surface area contributed by atoms with Crippen LogP contribution in [0.15, 0.2) is 59.5 Å². The second-order valence-corrected chi connectivity index (χ2v) is 6.25. The fourth-order valence-corrected chi connectivity index (χ4v) is 3.19. The van der Waals surface area contributed by atoms with Crippen molar-refractivity contribution in [3.05, 3.63) is 76.3 Å². The molecule has 0 saturated heterocycles. The summed E-state index contributed by atoms with van der Waals surface area (Å²) in [6, 6.07) is 14.2. The van der Waals surface area contributed by atoms with Gasteiger partial charge in [0.15, 0.2) is 5.65 Å². The van der Waals surface area contributed by atoms with E-state index in [2.05, 4.69) is 50.2 Å². The van der Waals surface area contributed by atoms with Gasteiger partial charge in [-0.2, -0.15) is 5.26 Å². The van der Waals surface area contributed by atoms with Crippen LogP contribution in [0, 0.1) is 11.3 Å². The van der Waals surface area contributed by atoms with E-state index >= 15 is 0 Å². The van der Waals surface area contributed by atoms with Gasteiger partial charge in [0.2, 0.25) is 0 Å². The molecule has 0 atom stereocenters. The molecular formula is C18H11BrN4. The van der Waals surface area contributed by atoms with Crippen LogP contribution in [-0.2, 0) is 6.42 Å². The van der Waals surface area contributed by atoms with Crippen molar-refractivity contribution in [2.75, 3.05) is 0 Å². The van der Waals surface area contributed by atoms with Crippen molar-refractivity contribution in [3.8, 4) is 6.07 Å². The van der Waals surface area contributed by atoms with Crippen LogP contribution in [0.3, 0.4) is 0 Å². The molecule has 5 heteroatoms. The highest BCUT2D eigenvalue weighted by molar-refractivity contribution is 9.10. The van der Waals surface area contributed by atoms with Gasteiger partial charge in [-0.3, -0.25) is 4.98 Å². The molecule has 0 spiro atoms. The smallest absolute Gasteiger partial charge is 0.154 e. The quantitative estimate of drug-likeness (QED) is 0.539. The Morgan fingerprint density at radius 1 is 1.17 bits per heavy atom. The predicted molar refractivity (Wildman–Crippen MR) is 92.2 cm³/mol. The van der Waals surface area contributed by atoms with E-state index in [9.17, 15) is 5.26 Å². The summed E-state index contributed by atoms with van der Waals surface area (Å²) in [6.07, 6.45) is 6.32. The molecule has 0 aliphatic heterocycles. The zero-order valence-electron chi connectivity index (χ0n) is 12.1. The molecular weight excluding hydrogens is 352 g/mol. The van der Waals surface area contributed by atoms with Gasteiger partial charge in [-0.25, -0.2) is 4.98 Å². The van der Waals surface area contributed by atoms with E-state index in [-0.39, 0.29) is 0 Å². The fourth-order valence-electron chi connectivity index (χ4n) is 2.76. The van der Waals surface area contributed by atoms with Crippen molar-refractivity contribution >= 4 is 32.5 Å². The molecule has 0 N–H and O–H groups in total. The monoisotopic (exact) mass is 362 g/mol. The summed E-state index contributed by atoms with van der Waals surface area (Å²) in [5.74, 6) is 0. The summed E-state index contributed by atoms with van der Waals surface area (Å²) in [6.45, 7) is 0. The van der Waals surface area contributed by atoms with Crippen LogP contribution >= 0.6 is 15.9 Å². The Morgan fingerprint density at radius 2 is 2.09 bits per heavy atom. The van der Waals surface area contributed by atoms with E-state index in [0.29, 0.717) is 11.2 Å². The van der Waals surface area contributed by atoms with Gasteiger partial charge in [0, 0.05) is 40.6 Å². The minimum Gasteiger partial charge on any atom is -0.302 e. The summed E-state index contributed by atoms with van der Waals surface area (Å²) >= 11 is 3.45. The Bertz CT molecular complexity index is 1080. The van der Waals surface area contributed by atoms with Crippen molar-refractivity contribution in [1.82, 2.24) is 14.4 Å². The minimum absolute atomic E-state index is 0.563. The zero-order chi connectivity index (χ0) is 15.8. The maximum Gasteiger partial charge on any atom is 0.154 e. The second-order valence-electron chi connectivity index (χ2n) is 5.33. The Balaban J connectivity index is 1.80. The Hall–Kier alpha value is -2.71. The molecule has 1 aromatic carbocycles. The summed E-state index contributed by atoms with van der Waals surface area (Å²) in [4.78, 5) is 8.74. The molecule has 0 aliphatic rings. The Morgan fingerprint density at radius 3 is 2.96 bits per heavy atom. The average molecular weight is 363 g/mol. The van der Waals surface area contributed by atoms with E-state index in [0.717, 1.165) is 27.5 Å². The summed E-state index contributed by atoms with van der Waals surface area (Å²) < 4.78 is 2.83. The molecule has 0 fully saturated rings. The standard InChI is InChI=1S/C18H11BrN4/c19-15-8-14(9-20)18-22-10-16(23(18)11-15)7-12-3-4-17-13(6-12)2-1-5-21-17/h1-6,8,10-11H,7H2. The Labute approximate surface area is 141 Å². The molecule has 4 rings (SSSR count). The highest BCUT2D eigenvalue weighted by Crippen LogP contribution is 2.21. The predicted octanol–water partition coefficient (Wildman–Crippen LogP) is 4.11. The number of nitrogens with zero attached hydrogens (tertiary/aromatic N) is 4. The van der Waals surface area contributed by atoms with E-state index in [1.807, 2.05) is 28.9 Å². The maximum atomic E-state index is 9.25. The molecule has 0 saturated carbocycles. The van der Waals surface area contributed by atoms with Crippen LogP contribution in [0.25, 0.3) is 16.6 Å². The van der Waals surface area contributed by atoms with Crippen LogP contribution in [0.1, 0.15) is 16.8 Å². The van der Waals surface area contributed by atoms with Crippen molar-refractivity contribution in [1.29, 1.82) is 5.26 Å². The number of hydrogen-bond donors (Lipinski definition) is 0. The number of nitriles is 1. The lowest BCUT2D eigenvalue weighted by molar-refractivity contribution is 1.02. The number of benzene rings is 1. The SMILES string of the molecule is N#Cc1cc(Br)cn2c(Cc3ccc4ncccc4c3)cnc12. The number of hydrogen-bond acceptors (Lipinski definition) is 3. The second kappa shape index (κ2) is 5.49. The number of aromatic nitrogens is 3. The van der Waals surface area contributed by atoms with Crippen LogP contribution in [0.5, 0.6) is 0 Å². The van der Waals surface area contributed by atoms with Crippen LogP contribution < -0.4 is 0 Å². The first-order chi connectivity index (χ1) is 11.2. The number of rotatable bonds is 2. The van der Waals surface area contributed by atoms with Crippen molar-refractivity contribution in [2.24, 2.45) is 0 Å². The molecule has 0 bridgehead atoms. The first-order valence-electron chi connectivity index (χ1n) is 7.14. The molecule has 4 nitrogen and oxygen atoms in total. The minimum atomic E-state index is 0.563. The first kappa shape index (κ1) is 13.9. The lowest BCUT2D eigenvalue weighted by Crippen LogP contribution is -1.96. The normalized spacial score (nSPS) is 11.0. The molecule has 23 heavy (non-hydrogen) atoms. The maximum absolute atomic E-state index is 9.25. The van der Waals surface area contributed by atoms with E-state index < -0.39 is 0 Å². The van der Waals surface area contributed by atoms with Gasteiger partial charge >= 0.3 is 0 Å². The number of pyridine rings is 2. The topological polar surface area (TPSA) is 54.0 Å². The fraction of sp³-hybridized carbons (Fsp3) is 0.0556. The van der Waals surface area contributed by atoms with Crippen molar-refractivity contribution < 1.29 is 0 Å². The first-order valence-corrected chi connectivity index (χ1v) is 7.93. The van der Waals surface area contributed by atoms with Gasteiger partial charge in [-0.05, 0) is 45.8 Å². The molecule has 0 aliphatic carbocycles. The number of halogens is 1. The lowest BCUT2D eigenvalue weighted by Gasteiger charge is -2.05. The van der Waals surface area contributed by atoms with E-state index in [1.54, 1.807) is 12.3 Å². The van der Waals surface area contributed by atoms with Gasteiger partial charge in [0.1, 0.15) is 6.07 Å². The molecule has 3 aromatic heterocycles. The van der Waals surface area contributed by atoms with Gasteiger partial charge in [-0.1, -0.05) is 12.1 Å². The Kier molecular flexibility index (Phi) is 3.32. The molecule has 0 unspecified atom stereocenters. The average Bonchev–Trinajstić information content (AvgIpc) is 2.97. The van der Waals surface area contributed by atoms with Crippen LogP contribution in [0.4, 0.5) is 0 Å². The number of fused-ring (bicyclic) bond motifs is 2. The summed E-state index contributed by atoms with van der Waals surface area (Å²) in [5, 5.41) is 10.4. The van der Waals surface area contributed by atoms with Crippen LogP contribution in [0.2, 0.25) is 0 Å². The van der Waals surface area contributed by atoms with Gasteiger partial charge < -0.3 is 4.40 Å². The number of imidazole rings is 1. The molecule has 3 heterocycles. The van der Waals surface area contributed by atoms with Gasteiger partial charge in [-0.15, -0.1) is 0 Å². The van der Waals surface area contributed by atoms with E-state index in [1.165, 1.54) is 5.56 Å². The highest BCUT2D eigenvalue weighted by Gasteiger charge is 2.10. The summed E-state index contributed by atoms with van der Waals surface area (Å²) in [7, 11) is 0. The van der Waals surface area contributed by atoms with Crippen molar-refractivity contribution in [3.63, 3.8) is 0 Å². The third-order valence-electron chi connectivity index (χ3n) is 3.82. The van der Waals surface area contributed by atoms with Crippen LogP contribution in [-0.4, -0.2) is 14.4 Å². The van der Waals surface area contributed by atoms with Gasteiger partial charge in [0.25, 0.3) is 0 Å². The largest absolute Gasteiger partial charge is 0.302 e. The summed E-state index contributed by atoms with van der Waals surface area (Å²) in [5.41, 5.74) is 4.47. The zero-order valence-corrected chi connectivity index (χ0v) is 13.7. The highest BCUT2D eigenvalue weighted by atomic mass is 79.9. The van der Waals surface area contributed by atoms with Gasteiger partial charge in [0.05, 0.1) is 11.1 Å². The molecule has 0 radical (unpaired) electrons. The van der Waals surface area contributed by atoms with E-state index in [4.69, 9.17) is 0 Å². The third-order valence-corrected chi connectivity index (χ3v) is 4.26. The third kappa shape index (κ3) is 2.47. The van der Waals surface area contributed by atoms with Crippen molar-refractivity contribution in [2.45, 2.75) is 6.42 Å². The molecule has 4 aromatic rings.